The van der Waals surface area contributed by atoms with Crippen LogP contribution in [-0.4, -0.2) is 18.4 Å². The molecule has 3 heteroatoms. The molecule has 2 nitrogen and oxygen atoms in total. The topological polar surface area (TPSA) is 20.3 Å². The van der Waals surface area contributed by atoms with Gasteiger partial charge >= 0.3 is 0 Å². The maximum atomic E-state index is 11.4. The monoisotopic (exact) mass is 281 g/mol. The molecule has 0 N–H and O–H groups in total. The summed E-state index contributed by atoms with van der Waals surface area (Å²) in [5.74, 6) is 0.386. The van der Waals surface area contributed by atoms with Crippen LogP contribution < -0.4 is 4.90 Å². The Morgan fingerprint density at radius 2 is 2.19 bits per heavy atom. The number of carbonyl (C=O) groups is 1. The maximum absolute atomic E-state index is 11.4. The van der Waals surface area contributed by atoms with Gasteiger partial charge in [0.15, 0.2) is 0 Å². The van der Waals surface area contributed by atoms with Crippen molar-refractivity contribution in [3.8, 4) is 0 Å². The Morgan fingerprint density at radius 1 is 1.44 bits per heavy atom. The van der Waals surface area contributed by atoms with Crippen LogP contribution in [0, 0.1) is 6.92 Å². The number of rotatable bonds is 1. The molecule has 0 bridgehead atoms. The van der Waals surface area contributed by atoms with E-state index in [2.05, 4.69) is 52.9 Å². The van der Waals surface area contributed by atoms with E-state index in [9.17, 15) is 4.79 Å². The van der Waals surface area contributed by atoms with Crippen molar-refractivity contribution in [1.29, 1.82) is 0 Å². The van der Waals surface area contributed by atoms with E-state index >= 15 is 0 Å². The van der Waals surface area contributed by atoms with Crippen molar-refractivity contribution < 1.29 is 4.79 Å². The van der Waals surface area contributed by atoms with Gasteiger partial charge < -0.3 is 4.90 Å². The lowest BCUT2D eigenvalue weighted by atomic mass is 10.0. The molecule has 1 unspecified atom stereocenters. The summed E-state index contributed by atoms with van der Waals surface area (Å²) in [6.07, 6.45) is 1.35. The molecule has 1 aliphatic heterocycles. The number of ketones is 1. The van der Waals surface area contributed by atoms with E-state index in [1.54, 1.807) is 0 Å². The number of anilines is 1. The molecule has 1 aromatic carbocycles. The van der Waals surface area contributed by atoms with Gasteiger partial charge in [-0.2, -0.15) is 0 Å². The van der Waals surface area contributed by atoms with Gasteiger partial charge in [-0.3, -0.25) is 4.79 Å². The Morgan fingerprint density at radius 3 is 2.88 bits per heavy atom. The van der Waals surface area contributed by atoms with E-state index in [1.807, 2.05) is 0 Å². The van der Waals surface area contributed by atoms with Gasteiger partial charge in [-0.05, 0) is 31.5 Å². The molecule has 0 aliphatic carbocycles. The molecule has 1 heterocycles. The Hall–Kier alpha value is -0.830. The average Bonchev–Trinajstić information content (AvgIpc) is 2.23. The molecule has 86 valence electrons. The highest BCUT2D eigenvalue weighted by Crippen LogP contribution is 2.30. The third-order valence-corrected chi connectivity index (χ3v) is 4.09. The molecule has 1 aromatic rings. The smallest absolute Gasteiger partial charge is 0.136 e. The number of piperidine rings is 1. The fourth-order valence-electron chi connectivity index (χ4n) is 2.27. The van der Waals surface area contributed by atoms with Gasteiger partial charge in [-0.15, -0.1) is 0 Å². The summed E-state index contributed by atoms with van der Waals surface area (Å²) in [6, 6.07) is 6.55. The van der Waals surface area contributed by atoms with Gasteiger partial charge in [-0.25, -0.2) is 0 Å². The Labute approximate surface area is 105 Å². The lowest BCUT2D eigenvalue weighted by Crippen LogP contribution is -2.41. The largest absolute Gasteiger partial charge is 0.368 e. The first kappa shape index (κ1) is 11.6. The van der Waals surface area contributed by atoms with E-state index in [0.717, 1.165) is 11.0 Å². The zero-order valence-corrected chi connectivity index (χ0v) is 11.3. The van der Waals surface area contributed by atoms with Crippen LogP contribution in [0.4, 0.5) is 5.69 Å². The summed E-state index contributed by atoms with van der Waals surface area (Å²) < 4.78 is 1.13. The summed E-state index contributed by atoms with van der Waals surface area (Å²) in [5.41, 5.74) is 2.50. The van der Waals surface area contributed by atoms with Crippen LogP contribution in [0.25, 0.3) is 0 Å². The standard InChI is InChI=1S/C13H16BrNO/c1-9-8-11(16)6-7-15(9)13-5-3-4-12(14)10(13)2/h3-5,9H,6-8H2,1-2H3. The van der Waals surface area contributed by atoms with Crippen molar-refractivity contribution in [2.45, 2.75) is 32.7 Å². The van der Waals surface area contributed by atoms with Crippen LogP contribution in [0.15, 0.2) is 22.7 Å². The number of halogens is 1. The molecule has 0 amide bonds. The average molecular weight is 282 g/mol. The van der Waals surface area contributed by atoms with Crippen LogP contribution in [0.5, 0.6) is 0 Å². The Kier molecular flexibility index (Phi) is 3.33. The van der Waals surface area contributed by atoms with Crippen molar-refractivity contribution in [2.24, 2.45) is 0 Å². The molecule has 0 aromatic heterocycles. The fourth-order valence-corrected chi connectivity index (χ4v) is 2.63. The molecule has 0 spiro atoms. The minimum absolute atomic E-state index is 0.314. The fraction of sp³-hybridized carbons (Fsp3) is 0.462. The molecular weight excluding hydrogens is 266 g/mol. The third kappa shape index (κ3) is 2.14. The van der Waals surface area contributed by atoms with Gasteiger partial charge in [0.05, 0.1) is 0 Å². The van der Waals surface area contributed by atoms with Crippen LogP contribution in [0.2, 0.25) is 0 Å². The van der Waals surface area contributed by atoms with Gasteiger partial charge in [0, 0.05) is 35.6 Å². The minimum atomic E-state index is 0.314. The molecular formula is C13H16BrNO. The highest BCUT2D eigenvalue weighted by Gasteiger charge is 2.24. The van der Waals surface area contributed by atoms with Crippen LogP contribution in [0.3, 0.4) is 0 Å². The molecule has 0 saturated carbocycles. The van der Waals surface area contributed by atoms with Crippen LogP contribution in [0.1, 0.15) is 25.3 Å². The second-order valence-corrected chi connectivity index (χ2v) is 5.27. The van der Waals surface area contributed by atoms with E-state index in [4.69, 9.17) is 0 Å². The molecule has 16 heavy (non-hydrogen) atoms. The van der Waals surface area contributed by atoms with Crippen molar-refractivity contribution in [2.75, 3.05) is 11.4 Å². The molecule has 1 aliphatic rings. The summed E-state index contributed by atoms with van der Waals surface area (Å²) in [5, 5.41) is 0. The van der Waals surface area contributed by atoms with E-state index < -0.39 is 0 Å². The van der Waals surface area contributed by atoms with Crippen LogP contribution in [-0.2, 0) is 4.79 Å². The number of hydrogen-bond donors (Lipinski definition) is 0. The molecule has 1 fully saturated rings. The summed E-state index contributed by atoms with van der Waals surface area (Å²) in [4.78, 5) is 13.7. The summed E-state index contributed by atoms with van der Waals surface area (Å²) >= 11 is 3.55. The predicted molar refractivity (Wildman–Crippen MR) is 69.9 cm³/mol. The van der Waals surface area contributed by atoms with E-state index in [-0.39, 0.29) is 0 Å². The van der Waals surface area contributed by atoms with Gasteiger partial charge in [0.25, 0.3) is 0 Å². The predicted octanol–water partition coefficient (Wildman–Crippen LogP) is 3.32. The van der Waals surface area contributed by atoms with Crippen molar-refractivity contribution >= 4 is 27.4 Å². The van der Waals surface area contributed by atoms with Crippen LogP contribution >= 0.6 is 15.9 Å². The normalized spacial score (nSPS) is 21.3. The van der Waals surface area contributed by atoms with Crippen molar-refractivity contribution in [1.82, 2.24) is 0 Å². The summed E-state index contributed by atoms with van der Waals surface area (Å²) in [7, 11) is 0. The first-order valence-electron chi connectivity index (χ1n) is 5.63. The lowest BCUT2D eigenvalue weighted by molar-refractivity contribution is -0.120. The highest BCUT2D eigenvalue weighted by atomic mass is 79.9. The second-order valence-electron chi connectivity index (χ2n) is 4.42. The maximum Gasteiger partial charge on any atom is 0.136 e. The Balaban J connectivity index is 2.30. The molecule has 0 radical (unpaired) electrons. The number of carbonyl (C=O) groups excluding carboxylic acids is 1. The first-order chi connectivity index (χ1) is 7.59. The van der Waals surface area contributed by atoms with Gasteiger partial charge in [-0.1, -0.05) is 22.0 Å². The van der Waals surface area contributed by atoms with E-state index in [1.165, 1.54) is 11.3 Å². The first-order valence-corrected chi connectivity index (χ1v) is 6.42. The third-order valence-electron chi connectivity index (χ3n) is 3.24. The zero-order valence-electron chi connectivity index (χ0n) is 9.66. The van der Waals surface area contributed by atoms with Crippen molar-refractivity contribution in [3.63, 3.8) is 0 Å². The minimum Gasteiger partial charge on any atom is -0.368 e. The van der Waals surface area contributed by atoms with Gasteiger partial charge in [0.1, 0.15) is 5.78 Å². The Bertz CT molecular complexity index is 416. The number of nitrogens with zero attached hydrogens (tertiary/aromatic N) is 1. The number of benzene rings is 1. The quantitative estimate of drug-likeness (QED) is 0.787. The second kappa shape index (κ2) is 4.58. The number of Topliss-reactive ketones (excluding diaryl/α,β-unsaturated/α-hetero) is 1. The van der Waals surface area contributed by atoms with E-state index in [0.29, 0.717) is 24.7 Å². The summed E-state index contributed by atoms with van der Waals surface area (Å²) in [6.45, 7) is 5.08. The molecule has 1 saturated heterocycles. The molecule has 1 atom stereocenters. The zero-order chi connectivity index (χ0) is 11.7. The lowest BCUT2D eigenvalue weighted by Gasteiger charge is -2.35. The SMILES string of the molecule is Cc1c(Br)cccc1N1CCC(=O)CC1C. The number of hydrogen-bond acceptors (Lipinski definition) is 2. The highest BCUT2D eigenvalue weighted by molar-refractivity contribution is 9.10. The molecule has 2 rings (SSSR count). The van der Waals surface area contributed by atoms with Crippen molar-refractivity contribution in [3.05, 3.63) is 28.2 Å². The van der Waals surface area contributed by atoms with Gasteiger partial charge in [0.2, 0.25) is 0 Å².